The summed E-state index contributed by atoms with van der Waals surface area (Å²) in [5, 5.41) is 11.9. The minimum absolute atomic E-state index is 0.698. The summed E-state index contributed by atoms with van der Waals surface area (Å²) >= 11 is 1.53. The number of hydrogen-bond donors (Lipinski definition) is 1. The van der Waals surface area contributed by atoms with Crippen molar-refractivity contribution in [2.75, 3.05) is 0 Å². The quantitative estimate of drug-likeness (QED) is 0.729. The summed E-state index contributed by atoms with van der Waals surface area (Å²) in [7, 11) is 0. The highest BCUT2D eigenvalue weighted by Crippen LogP contribution is 2.22. The van der Waals surface area contributed by atoms with Crippen molar-refractivity contribution in [2.24, 2.45) is 0 Å². The van der Waals surface area contributed by atoms with E-state index in [9.17, 15) is 0 Å². The molecular formula is C15H16N4OS. The number of aromatic nitrogens is 4. The fourth-order valence-corrected chi connectivity index (χ4v) is 2.64. The molecule has 0 amide bonds. The summed E-state index contributed by atoms with van der Waals surface area (Å²) in [6, 6.07) is 10.3. The summed E-state index contributed by atoms with van der Waals surface area (Å²) in [4.78, 5) is 4.50. The van der Waals surface area contributed by atoms with Gasteiger partial charge >= 0.3 is 0 Å². The molecule has 0 saturated carbocycles. The molecule has 1 aromatic carbocycles. The first-order valence-corrected chi connectivity index (χ1v) is 7.80. The highest BCUT2D eigenvalue weighted by atomic mass is 32.2. The van der Waals surface area contributed by atoms with Crippen LogP contribution in [0.5, 0.6) is 0 Å². The summed E-state index contributed by atoms with van der Waals surface area (Å²) in [6.45, 7) is 4.02. The van der Waals surface area contributed by atoms with E-state index in [0.717, 1.165) is 29.3 Å². The first-order valence-electron chi connectivity index (χ1n) is 6.81. The minimum atomic E-state index is 0.698. The van der Waals surface area contributed by atoms with Crippen LogP contribution >= 0.6 is 11.8 Å². The van der Waals surface area contributed by atoms with Crippen LogP contribution in [-0.4, -0.2) is 20.3 Å². The van der Waals surface area contributed by atoms with Crippen molar-refractivity contribution < 1.29 is 4.52 Å². The number of nitrogens with one attached hydrogen (secondary N) is 1. The number of rotatable bonds is 5. The average Bonchev–Trinajstić information content (AvgIpc) is 3.14. The fourth-order valence-electron chi connectivity index (χ4n) is 1.96. The molecule has 0 bridgehead atoms. The van der Waals surface area contributed by atoms with Crippen LogP contribution in [0.25, 0.3) is 11.4 Å². The van der Waals surface area contributed by atoms with Gasteiger partial charge in [-0.1, -0.05) is 48.1 Å². The molecule has 21 heavy (non-hydrogen) atoms. The Hall–Kier alpha value is -2.08. The van der Waals surface area contributed by atoms with Crippen molar-refractivity contribution in [2.45, 2.75) is 31.2 Å². The summed E-state index contributed by atoms with van der Waals surface area (Å²) in [5.41, 5.74) is 3.26. The molecule has 5 nitrogen and oxygen atoms in total. The molecule has 0 atom stereocenters. The number of thioether (sulfide) groups is 1. The van der Waals surface area contributed by atoms with E-state index in [1.807, 2.05) is 13.0 Å². The van der Waals surface area contributed by atoms with E-state index in [4.69, 9.17) is 4.52 Å². The summed E-state index contributed by atoms with van der Waals surface area (Å²) < 4.78 is 5.04. The van der Waals surface area contributed by atoms with Crippen LogP contribution in [0.15, 0.2) is 40.0 Å². The Morgan fingerprint density at radius 3 is 2.71 bits per heavy atom. The Morgan fingerprint density at radius 2 is 2.05 bits per heavy atom. The minimum Gasteiger partial charge on any atom is -0.361 e. The number of aromatic amines is 1. The van der Waals surface area contributed by atoms with Crippen molar-refractivity contribution >= 4 is 11.8 Å². The Labute approximate surface area is 127 Å². The lowest BCUT2D eigenvalue weighted by atomic mass is 10.1. The lowest BCUT2D eigenvalue weighted by Gasteiger charge is -1.98. The van der Waals surface area contributed by atoms with E-state index in [2.05, 4.69) is 51.5 Å². The third kappa shape index (κ3) is 3.33. The van der Waals surface area contributed by atoms with Crippen LogP contribution in [0.2, 0.25) is 0 Å². The first kappa shape index (κ1) is 13.9. The van der Waals surface area contributed by atoms with E-state index in [0.29, 0.717) is 10.9 Å². The molecular weight excluding hydrogens is 284 g/mol. The summed E-state index contributed by atoms with van der Waals surface area (Å²) in [5.74, 6) is 2.30. The van der Waals surface area contributed by atoms with Gasteiger partial charge in [0.25, 0.3) is 0 Å². The van der Waals surface area contributed by atoms with Gasteiger partial charge in [0.1, 0.15) is 5.76 Å². The second kappa shape index (κ2) is 6.13. The van der Waals surface area contributed by atoms with Crippen LogP contribution in [0.3, 0.4) is 0 Å². The topological polar surface area (TPSA) is 67.6 Å². The van der Waals surface area contributed by atoms with Gasteiger partial charge in [-0.3, -0.25) is 5.10 Å². The van der Waals surface area contributed by atoms with E-state index in [1.54, 1.807) is 0 Å². The second-order valence-electron chi connectivity index (χ2n) is 4.73. The molecule has 0 spiro atoms. The maximum Gasteiger partial charge on any atom is 0.209 e. The van der Waals surface area contributed by atoms with Crippen molar-refractivity contribution in [3.8, 4) is 11.4 Å². The van der Waals surface area contributed by atoms with E-state index < -0.39 is 0 Å². The zero-order chi connectivity index (χ0) is 14.7. The average molecular weight is 300 g/mol. The number of aryl methyl sites for hydroxylation is 2. The van der Waals surface area contributed by atoms with Crippen LogP contribution < -0.4 is 0 Å². The summed E-state index contributed by atoms with van der Waals surface area (Å²) in [6.07, 6.45) is 1.04. The molecule has 0 fully saturated rings. The first-order chi connectivity index (χ1) is 10.2. The molecule has 0 radical (unpaired) electrons. The molecule has 108 valence electrons. The standard InChI is InChI=1S/C15H16N4OS/c1-3-11-4-6-12(7-5-11)14-16-15(18-17-14)21-9-13-8-10(2)20-19-13/h4-8H,3,9H2,1-2H3,(H,16,17,18). The Kier molecular flexibility index (Phi) is 4.06. The van der Waals surface area contributed by atoms with Gasteiger partial charge in [0.05, 0.1) is 5.69 Å². The monoisotopic (exact) mass is 300 g/mol. The molecule has 0 aliphatic rings. The van der Waals surface area contributed by atoms with Gasteiger partial charge in [-0.2, -0.15) is 0 Å². The van der Waals surface area contributed by atoms with Crippen LogP contribution in [0.4, 0.5) is 0 Å². The number of nitrogens with zero attached hydrogens (tertiary/aromatic N) is 3. The largest absolute Gasteiger partial charge is 0.361 e. The molecule has 3 rings (SSSR count). The van der Waals surface area contributed by atoms with Gasteiger partial charge in [0.2, 0.25) is 5.16 Å². The third-order valence-electron chi connectivity index (χ3n) is 3.13. The van der Waals surface area contributed by atoms with Gasteiger partial charge in [0.15, 0.2) is 5.82 Å². The molecule has 0 saturated heterocycles. The van der Waals surface area contributed by atoms with Crippen LogP contribution in [-0.2, 0) is 12.2 Å². The number of hydrogen-bond acceptors (Lipinski definition) is 5. The normalized spacial score (nSPS) is 11.0. The lowest BCUT2D eigenvalue weighted by molar-refractivity contribution is 0.393. The molecule has 3 aromatic rings. The Balaban J connectivity index is 1.67. The van der Waals surface area contributed by atoms with Gasteiger partial charge in [-0.15, -0.1) is 5.10 Å². The predicted molar refractivity (Wildman–Crippen MR) is 82.0 cm³/mol. The zero-order valence-electron chi connectivity index (χ0n) is 12.0. The van der Waals surface area contributed by atoms with Crippen molar-refractivity contribution in [3.05, 3.63) is 47.3 Å². The van der Waals surface area contributed by atoms with Gasteiger partial charge in [0, 0.05) is 17.4 Å². The third-order valence-corrected chi connectivity index (χ3v) is 4.01. The number of benzene rings is 1. The van der Waals surface area contributed by atoms with E-state index >= 15 is 0 Å². The van der Waals surface area contributed by atoms with Gasteiger partial charge < -0.3 is 4.52 Å². The van der Waals surface area contributed by atoms with Gasteiger partial charge in [-0.25, -0.2) is 4.98 Å². The molecule has 1 N–H and O–H groups in total. The molecule has 0 aliphatic carbocycles. The molecule has 0 aliphatic heterocycles. The SMILES string of the molecule is CCc1ccc(-c2nc(SCc3cc(C)on3)n[nH]2)cc1. The molecule has 6 heteroatoms. The van der Waals surface area contributed by atoms with Crippen LogP contribution in [0, 0.1) is 6.92 Å². The highest BCUT2D eigenvalue weighted by molar-refractivity contribution is 7.98. The second-order valence-corrected chi connectivity index (χ2v) is 5.68. The number of H-pyrrole nitrogens is 1. The lowest BCUT2D eigenvalue weighted by Crippen LogP contribution is -1.83. The maximum absolute atomic E-state index is 5.04. The Bertz CT molecular complexity index is 717. The van der Waals surface area contributed by atoms with Gasteiger partial charge in [-0.05, 0) is 18.9 Å². The van der Waals surface area contributed by atoms with Crippen LogP contribution in [0.1, 0.15) is 23.9 Å². The predicted octanol–water partition coefficient (Wildman–Crippen LogP) is 3.62. The van der Waals surface area contributed by atoms with Crippen molar-refractivity contribution in [1.82, 2.24) is 20.3 Å². The molecule has 2 heterocycles. The zero-order valence-corrected chi connectivity index (χ0v) is 12.8. The fraction of sp³-hybridized carbons (Fsp3) is 0.267. The molecule has 2 aromatic heterocycles. The maximum atomic E-state index is 5.04. The molecule has 0 unspecified atom stereocenters. The smallest absolute Gasteiger partial charge is 0.209 e. The highest BCUT2D eigenvalue weighted by Gasteiger charge is 2.08. The van der Waals surface area contributed by atoms with Crippen molar-refractivity contribution in [1.29, 1.82) is 0 Å². The van der Waals surface area contributed by atoms with E-state index in [-0.39, 0.29) is 0 Å². The van der Waals surface area contributed by atoms with Crippen molar-refractivity contribution in [3.63, 3.8) is 0 Å². The van der Waals surface area contributed by atoms with E-state index in [1.165, 1.54) is 17.3 Å². The Morgan fingerprint density at radius 1 is 1.24 bits per heavy atom.